The van der Waals surface area contributed by atoms with Crippen molar-refractivity contribution in [2.45, 2.75) is 25.4 Å². The third-order valence-corrected chi connectivity index (χ3v) is 3.28. The highest BCUT2D eigenvalue weighted by Crippen LogP contribution is 2.12. The highest BCUT2D eigenvalue weighted by molar-refractivity contribution is 5.76. The largest absolute Gasteiger partial charge is 0.469 e. The molecule has 0 radical (unpaired) electrons. The Morgan fingerprint density at radius 2 is 2.35 bits per heavy atom. The number of furan rings is 1. The molecule has 1 aromatic heterocycles. The third-order valence-electron chi connectivity index (χ3n) is 3.28. The first kappa shape index (κ1) is 14.6. The second-order valence-electron chi connectivity index (χ2n) is 4.69. The van der Waals surface area contributed by atoms with Gasteiger partial charge in [-0.05, 0) is 12.1 Å². The molecule has 2 rings (SSSR count). The Labute approximate surface area is 117 Å². The fourth-order valence-electron chi connectivity index (χ4n) is 2.18. The molecular weight excluding hydrogens is 262 g/mol. The van der Waals surface area contributed by atoms with Crippen LogP contribution in [0.25, 0.3) is 0 Å². The Hall–Kier alpha value is -1.82. The Bertz CT molecular complexity index is 442. The summed E-state index contributed by atoms with van der Waals surface area (Å²) in [5, 5.41) is 0. The molecule has 6 nitrogen and oxygen atoms in total. The highest BCUT2D eigenvalue weighted by atomic mass is 16.5. The summed E-state index contributed by atoms with van der Waals surface area (Å²) in [6.45, 7) is 1.45. The average molecular weight is 281 g/mol. The van der Waals surface area contributed by atoms with Crippen molar-refractivity contribution in [2.24, 2.45) is 0 Å². The van der Waals surface area contributed by atoms with Crippen molar-refractivity contribution in [3.05, 3.63) is 24.2 Å². The first-order valence-corrected chi connectivity index (χ1v) is 6.67. The zero-order valence-electron chi connectivity index (χ0n) is 11.5. The fourth-order valence-corrected chi connectivity index (χ4v) is 2.18. The molecule has 0 bridgehead atoms. The predicted octanol–water partition coefficient (Wildman–Crippen LogP) is 1.00. The Kier molecular flexibility index (Phi) is 5.17. The molecular formula is C14H19NO5. The van der Waals surface area contributed by atoms with Gasteiger partial charge in [-0.1, -0.05) is 0 Å². The second kappa shape index (κ2) is 7.09. The zero-order valence-corrected chi connectivity index (χ0v) is 11.5. The van der Waals surface area contributed by atoms with Gasteiger partial charge in [-0.15, -0.1) is 0 Å². The lowest BCUT2D eigenvalue weighted by Crippen LogP contribution is -2.46. The summed E-state index contributed by atoms with van der Waals surface area (Å²) < 4.78 is 15.3. The average Bonchev–Trinajstić information content (AvgIpc) is 2.98. The van der Waals surface area contributed by atoms with Crippen LogP contribution >= 0.6 is 0 Å². The summed E-state index contributed by atoms with van der Waals surface area (Å²) in [7, 11) is 1.34. The van der Waals surface area contributed by atoms with Gasteiger partial charge in [-0.25, -0.2) is 0 Å². The number of methoxy groups -OCH3 is 1. The lowest BCUT2D eigenvalue weighted by atomic mass is 10.1. The number of carbonyl (C=O) groups excluding carboxylic acids is 2. The summed E-state index contributed by atoms with van der Waals surface area (Å²) in [5.41, 5.74) is 0. The summed E-state index contributed by atoms with van der Waals surface area (Å²) in [6.07, 6.45) is 2.49. The monoisotopic (exact) mass is 281 g/mol. The fraction of sp³-hybridized carbons (Fsp3) is 0.571. The number of morpholine rings is 1. The standard InChI is InChI=1S/C14H19NO5/c1-18-14(17)9-12-10-15(6-8-20-12)13(16)5-4-11-3-2-7-19-11/h2-3,7,12H,4-6,8-10H2,1H3. The van der Waals surface area contributed by atoms with Gasteiger partial charge in [0.2, 0.25) is 5.91 Å². The van der Waals surface area contributed by atoms with Crippen LogP contribution < -0.4 is 0 Å². The van der Waals surface area contributed by atoms with E-state index < -0.39 is 0 Å². The van der Waals surface area contributed by atoms with Gasteiger partial charge in [-0.2, -0.15) is 0 Å². The van der Waals surface area contributed by atoms with E-state index in [9.17, 15) is 9.59 Å². The van der Waals surface area contributed by atoms with Crippen molar-refractivity contribution in [1.29, 1.82) is 0 Å². The van der Waals surface area contributed by atoms with E-state index in [-0.39, 0.29) is 24.4 Å². The molecule has 1 aliphatic heterocycles. The number of ether oxygens (including phenoxy) is 2. The molecule has 1 fully saturated rings. The molecule has 1 amide bonds. The van der Waals surface area contributed by atoms with Gasteiger partial charge in [-0.3, -0.25) is 9.59 Å². The highest BCUT2D eigenvalue weighted by Gasteiger charge is 2.26. The van der Waals surface area contributed by atoms with E-state index in [0.717, 1.165) is 5.76 Å². The van der Waals surface area contributed by atoms with E-state index >= 15 is 0 Å². The lowest BCUT2D eigenvalue weighted by Gasteiger charge is -2.32. The molecule has 0 spiro atoms. The summed E-state index contributed by atoms with van der Waals surface area (Å²) >= 11 is 0. The summed E-state index contributed by atoms with van der Waals surface area (Å²) in [4.78, 5) is 25.1. The van der Waals surface area contributed by atoms with Crippen LogP contribution in [0.3, 0.4) is 0 Å². The molecule has 6 heteroatoms. The maximum atomic E-state index is 12.1. The molecule has 110 valence electrons. The number of esters is 1. The van der Waals surface area contributed by atoms with Crippen molar-refractivity contribution in [1.82, 2.24) is 4.90 Å². The molecule has 0 N–H and O–H groups in total. The van der Waals surface area contributed by atoms with Crippen LogP contribution in [0.2, 0.25) is 0 Å². The van der Waals surface area contributed by atoms with Crippen LogP contribution in [0.4, 0.5) is 0 Å². The van der Waals surface area contributed by atoms with Gasteiger partial charge in [0, 0.05) is 25.9 Å². The van der Waals surface area contributed by atoms with Gasteiger partial charge in [0.1, 0.15) is 5.76 Å². The van der Waals surface area contributed by atoms with Crippen molar-refractivity contribution < 1.29 is 23.5 Å². The summed E-state index contributed by atoms with van der Waals surface area (Å²) in [5.74, 6) is 0.539. The predicted molar refractivity (Wildman–Crippen MR) is 70.0 cm³/mol. The van der Waals surface area contributed by atoms with Crippen LogP contribution in [0.1, 0.15) is 18.6 Å². The summed E-state index contributed by atoms with van der Waals surface area (Å²) in [6, 6.07) is 3.66. The molecule has 1 saturated heterocycles. The van der Waals surface area contributed by atoms with Gasteiger partial charge >= 0.3 is 5.97 Å². The van der Waals surface area contributed by atoms with Crippen molar-refractivity contribution in [3.63, 3.8) is 0 Å². The van der Waals surface area contributed by atoms with Crippen molar-refractivity contribution in [2.75, 3.05) is 26.8 Å². The number of carbonyl (C=O) groups is 2. The smallest absolute Gasteiger partial charge is 0.308 e. The molecule has 2 heterocycles. The van der Waals surface area contributed by atoms with Crippen molar-refractivity contribution >= 4 is 11.9 Å². The van der Waals surface area contributed by atoms with E-state index in [4.69, 9.17) is 9.15 Å². The SMILES string of the molecule is COC(=O)CC1CN(C(=O)CCc2ccco2)CCO1. The van der Waals surface area contributed by atoms with Crippen molar-refractivity contribution in [3.8, 4) is 0 Å². The van der Waals surface area contributed by atoms with E-state index in [2.05, 4.69) is 4.74 Å². The first-order valence-electron chi connectivity index (χ1n) is 6.67. The van der Waals surface area contributed by atoms with E-state index in [1.807, 2.05) is 6.07 Å². The molecule has 0 aliphatic carbocycles. The molecule has 1 atom stereocenters. The Balaban J connectivity index is 1.79. The number of amides is 1. The number of hydrogen-bond donors (Lipinski definition) is 0. The van der Waals surface area contributed by atoms with Crippen LogP contribution in [-0.2, 0) is 25.5 Å². The van der Waals surface area contributed by atoms with E-state index in [1.165, 1.54) is 7.11 Å². The number of nitrogens with zero attached hydrogens (tertiary/aromatic N) is 1. The molecule has 1 aliphatic rings. The Morgan fingerprint density at radius 1 is 1.50 bits per heavy atom. The van der Waals surface area contributed by atoms with E-state index in [1.54, 1.807) is 17.2 Å². The van der Waals surface area contributed by atoms with Gasteiger partial charge in [0.25, 0.3) is 0 Å². The number of hydrogen-bond acceptors (Lipinski definition) is 5. The molecule has 20 heavy (non-hydrogen) atoms. The minimum absolute atomic E-state index is 0.0552. The minimum Gasteiger partial charge on any atom is -0.469 e. The minimum atomic E-state index is -0.320. The van der Waals surface area contributed by atoms with Crippen LogP contribution in [0.15, 0.2) is 22.8 Å². The normalized spacial score (nSPS) is 18.9. The van der Waals surface area contributed by atoms with E-state index in [0.29, 0.717) is 32.5 Å². The molecule has 0 saturated carbocycles. The van der Waals surface area contributed by atoms with Crippen LogP contribution in [0, 0.1) is 0 Å². The number of rotatable bonds is 5. The Morgan fingerprint density at radius 3 is 3.05 bits per heavy atom. The van der Waals surface area contributed by atoms with Gasteiger partial charge in [0.05, 0.1) is 32.5 Å². The molecule has 1 aromatic rings. The van der Waals surface area contributed by atoms with Gasteiger partial charge < -0.3 is 18.8 Å². The second-order valence-corrected chi connectivity index (χ2v) is 4.69. The molecule has 1 unspecified atom stereocenters. The zero-order chi connectivity index (χ0) is 14.4. The van der Waals surface area contributed by atoms with Gasteiger partial charge in [0.15, 0.2) is 0 Å². The quantitative estimate of drug-likeness (QED) is 0.753. The first-order chi connectivity index (χ1) is 9.69. The third kappa shape index (κ3) is 4.09. The molecule has 0 aromatic carbocycles. The van der Waals surface area contributed by atoms with Crippen LogP contribution in [0.5, 0.6) is 0 Å². The number of aryl methyl sites for hydroxylation is 1. The van der Waals surface area contributed by atoms with Crippen LogP contribution in [-0.4, -0.2) is 49.7 Å². The lowest BCUT2D eigenvalue weighted by molar-refractivity contribution is -0.150. The maximum Gasteiger partial charge on any atom is 0.308 e. The maximum absolute atomic E-state index is 12.1. The topological polar surface area (TPSA) is 69.0 Å².